The van der Waals surface area contributed by atoms with Crippen LogP contribution in [0.1, 0.15) is 42.8 Å². The van der Waals surface area contributed by atoms with Crippen LogP contribution >= 0.6 is 0 Å². The Morgan fingerprint density at radius 1 is 1.30 bits per heavy atom. The Bertz CT molecular complexity index is 959. The Hall–Kier alpha value is -2.39. The lowest BCUT2D eigenvalue weighted by molar-refractivity contribution is -0.120. The van der Waals surface area contributed by atoms with Crippen molar-refractivity contribution in [2.75, 3.05) is 0 Å². The summed E-state index contributed by atoms with van der Waals surface area (Å²) in [5.74, 6) is 0.517. The molecule has 1 aliphatic heterocycles. The second-order valence-electron chi connectivity index (χ2n) is 7.29. The summed E-state index contributed by atoms with van der Waals surface area (Å²) in [6.45, 7) is 7.10. The minimum absolute atomic E-state index is 0.0425. The number of ether oxygens (including phenoxy) is 1. The summed E-state index contributed by atoms with van der Waals surface area (Å²) < 4.78 is 35.4. The molecule has 9 heteroatoms. The van der Waals surface area contributed by atoms with Gasteiger partial charge in [-0.05, 0) is 57.7 Å². The highest BCUT2D eigenvalue weighted by molar-refractivity contribution is 7.89. The fourth-order valence-corrected chi connectivity index (χ4v) is 4.28. The van der Waals surface area contributed by atoms with E-state index < -0.39 is 15.9 Å². The molecule has 27 heavy (non-hydrogen) atoms. The first-order valence-corrected chi connectivity index (χ1v) is 10.1. The number of benzene rings is 1. The number of sulfonamides is 1. The van der Waals surface area contributed by atoms with Crippen LogP contribution in [0.25, 0.3) is 0 Å². The number of carbonyl (C=O) groups excluding carboxylic acids is 1. The van der Waals surface area contributed by atoms with E-state index in [1.165, 1.54) is 13.8 Å². The van der Waals surface area contributed by atoms with Crippen molar-refractivity contribution < 1.29 is 22.5 Å². The quantitative estimate of drug-likeness (QED) is 0.751. The number of aryl methyl sites for hydroxylation is 3. The first-order valence-electron chi connectivity index (χ1n) is 8.62. The van der Waals surface area contributed by atoms with Gasteiger partial charge in [-0.25, -0.2) is 8.42 Å². The standard InChI is InChI=1S/C18H23N3O5S/c1-11-17(12(2)26-20-11)27(23,24)21-19-16(22)10-13-5-6-15-14(9-13)7-8-18(3,4)25-15/h5-6,9,21H,7-8,10H2,1-4H3,(H,19,22). The van der Waals surface area contributed by atoms with Gasteiger partial charge < -0.3 is 9.26 Å². The molecule has 1 amide bonds. The van der Waals surface area contributed by atoms with E-state index in [9.17, 15) is 13.2 Å². The maximum absolute atomic E-state index is 12.3. The van der Waals surface area contributed by atoms with Crippen LogP contribution in [0.5, 0.6) is 5.75 Å². The molecule has 0 unspecified atom stereocenters. The molecule has 1 aliphatic rings. The summed E-state index contributed by atoms with van der Waals surface area (Å²) in [5.41, 5.74) is 4.10. The molecular formula is C18H23N3O5S. The summed E-state index contributed by atoms with van der Waals surface area (Å²) in [6, 6.07) is 5.59. The molecule has 0 fully saturated rings. The van der Waals surface area contributed by atoms with Crippen molar-refractivity contribution in [1.29, 1.82) is 0 Å². The fraction of sp³-hybridized carbons (Fsp3) is 0.444. The number of fused-ring (bicyclic) bond motifs is 1. The van der Waals surface area contributed by atoms with Gasteiger partial charge in [-0.15, -0.1) is 4.83 Å². The average Bonchev–Trinajstić information content (AvgIpc) is 2.92. The first-order chi connectivity index (χ1) is 12.6. The van der Waals surface area contributed by atoms with Crippen LogP contribution in [0.15, 0.2) is 27.6 Å². The van der Waals surface area contributed by atoms with Gasteiger partial charge in [0, 0.05) is 0 Å². The highest BCUT2D eigenvalue weighted by Gasteiger charge is 2.27. The molecule has 2 aromatic rings. The van der Waals surface area contributed by atoms with Crippen molar-refractivity contribution in [3.63, 3.8) is 0 Å². The van der Waals surface area contributed by atoms with E-state index in [0.717, 1.165) is 29.7 Å². The first kappa shape index (κ1) is 19.4. The molecule has 2 N–H and O–H groups in total. The molecule has 0 aliphatic carbocycles. The number of hydrogen-bond acceptors (Lipinski definition) is 6. The van der Waals surface area contributed by atoms with Crippen LogP contribution in [-0.2, 0) is 27.7 Å². The lowest BCUT2D eigenvalue weighted by Gasteiger charge is -2.32. The molecule has 1 aromatic heterocycles. The van der Waals surface area contributed by atoms with Gasteiger partial charge in [0.1, 0.15) is 21.9 Å². The van der Waals surface area contributed by atoms with E-state index in [2.05, 4.69) is 15.4 Å². The third kappa shape index (κ3) is 4.30. The lowest BCUT2D eigenvalue weighted by atomic mass is 9.93. The Kier molecular flexibility index (Phi) is 5.00. The SMILES string of the molecule is Cc1noc(C)c1S(=O)(=O)NNC(=O)Cc1ccc2c(c1)CCC(C)(C)O2. The predicted molar refractivity (Wildman–Crippen MR) is 97.6 cm³/mol. The molecular weight excluding hydrogens is 370 g/mol. The molecule has 2 heterocycles. The summed E-state index contributed by atoms with van der Waals surface area (Å²) in [4.78, 5) is 14.2. The molecule has 0 saturated heterocycles. The number of hydrazine groups is 1. The van der Waals surface area contributed by atoms with E-state index in [1.54, 1.807) is 0 Å². The smallest absolute Gasteiger partial charge is 0.262 e. The fourth-order valence-electron chi connectivity index (χ4n) is 3.09. The van der Waals surface area contributed by atoms with Gasteiger partial charge in [-0.1, -0.05) is 17.3 Å². The Morgan fingerprint density at radius 3 is 2.70 bits per heavy atom. The van der Waals surface area contributed by atoms with Crippen LogP contribution in [0, 0.1) is 13.8 Å². The van der Waals surface area contributed by atoms with E-state index in [0.29, 0.717) is 0 Å². The van der Waals surface area contributed by atoms with Gasteiger partial charge in [-0.2, -0.15) is 0 Å². The summed E-state index contributed by atoms with van der Waals surface area (Å²) in [7, 11) is -3.95. The average molecular weight is 393 g/mol. The Labute approximate surface area is 158 Å². The van der Waals surface area contributed by atoms with Gasteiger partial charge >= 0.3 is 0 Å². The summed E-state index contributed by atoms with van der Waals surface area (Å²) >= 11 is 0. The normalized spacial score (nSPS) is 15.7. The number of nitrogens with zero attached hydrogens (tertiary/aromatic N) is 1. The molecule has 0 bridgehead atoms. The van der Waals surface area contributed by atoms with Crippen LogP contribution in [0.4, 0.5) is 0 Å². The number of nitrogens with one attached hydrogen (secondary N) is 2. The topological polar surface area (TPSA) is 111 Å². The predicted octanol–water partition coefficient (Wildman–Crippen LogP) is 1.95. The van der Waals surface area contributed by atoms with Crippen molar-refractivity contribution in [2.45, 2.75) is 57.5 Å². The zero-order valence-electron chi connectivity index (χ0n) is 15.8. The molecule has 146 valence electrons. The van der Waals surface area contributed by atoms with Crippen molar-refractivity contribution >= 4 is 15.9 Å². The number of hydrogen-bond donors (Lipinski definition) is 2. The molecule has 1 aromatic carbocycles. The summed E-state index contributed by atoms with van der Waals surface area (Å²) in [5, 5.41) is 3.61. The monoisotopic (exact) mass is 393 g/mol. The second kappa shape index (κ2) is 6.97. The third-order valence-corrected chi connectivity index (χ3v) is 5.92. The van der Waals surface area contributed by atoms with E-state index in [1.807, 2.05) is 32.0 Å². The number of aromatic nitrogens is 1. The molecule has 0 radical (unpaired) electrons. The molecule has 0 spiro atoms. The van der Waals surface area contributed by atoms with Crippen LogP contribution in [0.3, 0.4) is 0 Å². The van der Waals surface area contributed by atoms with Gasteiger partial charge in [-0.3, -0.25) is 10.2 Å². The molecule has 0 atom stereocenters. The van der Waals surface area contributed by atoms with Crippen molar-refractivity contribution in [1.82, 2.24) is 15.4 Å². The van der Waals surface area contributed by atoms with Crippen LogP contribution in [-0.4, -0.2) is 25.1 Å². The zero-order valence-corrected chi connectivity index (χ0v) is 16.6. The van der Waals surface area contributed by atoms with E-state index in [4.69, 9.17) is 9.26 Å². The largest absolute Gasteiger partial charge is 0.488 e. The maximum Gasteiger partial charge on any atom is 0.262 e. The highest BCUT2D eigenvalue weighted by Crippen LogP contribution is 2.33. The van der Waals surface area contributed by atoms with E-state index >= 15 is 0 Å². The molecule has 3 rings (SSSR count). The number of carbonyl (C=O) groups is 1. The lowest BCUT2D eigenvalue weighted by Crippen LogP contribution is -2.42. The minimum Gasteiger partial charge on any atom is -0.488 e. The van der Waals surface area contributed by atoms with E-state index in [-0.39, 0.29) is 28.4 Å². The van der Waals surface area contributed by atoms with Crippen molar-refractivity contribution in [2.24, 2.45) is 0 Å². The minimum atomic E-state index is -3.95. The van der Waals surface area contributed by atoms with Crippen LogP contribution in [0.2, 0.25) is 0 Å². The highest BCUT2D eigenvalue weighted by atomic mass is 32.2. The molecule has 8 nitrogen and oxygen atoms in total. The zero-order chi connectivity index (χ0) is 19.8. The number of rotatable bonds is 5. The van der Waals surface area contributed by atoms with Gasteiger partial charge in [0.15, 0.2) is 5.76 Å². The van der Waals surface area contributed by atoms with Gasteiger partial charge in [0.2, 0.25) is 5.91 Å². The Balaban J connectivity index is 1.63. The van der Waals surface area contributed by atoms with Gasteiger partial charge in [0.05, 0.1) is 6.42 Å². The maximum atomic E-state index is 12.3. The van der Waals surface area contributed by atoms with Crippen LogP contribution < -0.4 is 15.0 Å². The second-order valence-corrected chi connectivity index (χ2v) is 8.91. The third-order valence-electron chi connectivity index (χ3n) is 4.43. The summed E-state index contributed by atoms with van der Waals surface area (Å²) in [6.07, 6.45) is 1.81. The van der Waals surface area contributed by atoms with Gasteiger partial charge in [0.25, 0.3) is 10.0 Å². The van der Waals surface area contributed by atoms with Crippen molar-refractivity contribution in [3.05, 3.63) is 40.8 Å². The number of amides is 1. The Morgan fingerprint density at radius 2 is 2.04 bits per heavy atom. The molecule has 0 saturated carbocycles. The van der Waals surface area contributed by atoms with Crippen molar-refractivity contribution in [3.8, 4) is 5.75 Å².